The maximum atomic E-state index is 12.9. The monoisotopic (exact) mass is 345 g/mol. The van der Waals surface area contributed by atoms with Crippen molar-refractivity contribution < 1.29 is 17.9 Å². The van der Waals surface area contributed by atoms with Crippen LogP contribution in [0.4, 0.5) is 13.2 Å². The molecule has 2 aromatic carbocycles. The van der Waals surface area contributed by atoms with Crippen molar-refractivity contribution in [2.75, 3.05) is 0 Å². The SMILES string of the molecule is NCc1ccc(Br)cc1Oc1ccccc1C(F)(F)F. The van der Waals surface area contributed by atoms with Gasteiger partial charge in [0.1, 0.15) is 11.5 Å². The van der Waals surface area contributed by atoms with Gasteiger partial charge in [0.05, 0.1) is 5.56 Å². The molecule has 2 nitrogen and oxygen atoms in total. The van der Waals surface area contributed by atoms with E-state index in [0.717, 1.165) is 6.07 Å². The third-order valence-corrected chi connectivity index (χ3v) is 3.15. The molecule has 0 saturated carbocycles. The van der Waals surface area contributed by atoms with Crippen molar-refractivity contribution in [2.45, 2.75) is 12.7 Å². The molecule has 0 radical (unpaired) electrons. The second-order valence-corrected chi connectivity index (χ2v) is 4.97. The van der Waals surface area contributed by atoms with Crippen LogP contribution in [0, 0.1) is 0 Å². The average molecular weight is 346 g/mol. The van der Waals surface area contributed by atoms with Crippen LogP contribution in [0.1, 0.15) is 11.1 Å². The maximum absolute atomic E-state index is 12.9. The standard InChI is InChI=1S/C14H11BrF3NO/c15-10-6-5-9(8-19)13(7-10)20-12-4-2-1-3-11(12)14(16,17)18/h1-7H,8,19H2. The van der Waals surface area contributed by atoms with Gasteiger partial charge in [-0.25, -0.2) is 0 Å². The number of para-hydroxylation sites is 1. The largest absolute Gasteiger partial charge is 0.456 e. The van der Waals surface area contributed by atoms with Gasteiger partial charge in [0.2, 0.25) is 0 Å². The number of ether oxygens (including phenoxy) is 1. The van der Waals surface area contributed by atoms with Gasteiger partial charge < -0.3 is 10.5 Å². The fraction of sp³-hybridized carbons (Fsp3) is 0.143. The van der Waals surface area contributed by atoms with E-state index in [2.05, 4.69) is 15.9 Å². The Labute approximate surface area is 122 Å². The number of hydrogen-bond acceptors (Lipinski definition) is 2. The van der Waals surface area contributed by atoms with Crippen LogP contribution in [0.15, 0.2) is 46.9 Å². The van der Waals surface area contributed by atoms with Crippen LogP contribution in [-0.4, -0.2) is 0 Å². The topological polar surface area (TPSA) is 35.2 Å². The summed E-state index contributed by atoms with van der Waals surface area (Å²) in [5, 5.41) is 0. The molecule has 2 rings (SSSR count). The molecule has 6 heteroatoms. The van der Waals surface area contributed by atoms with Crippen LogP contribution in [0.5, 0.6) is 11.5 Å². The van der Waals surface area contributed by atoms with Crippen LogP contribution in [0.3, 0.4) is 0 Å². The van der Waals surface area contributed by atoms with E-state index in [1.807, 2.05) is 0 Å². The van der Waals surface area contributed by atoms with E-state index in [0.29, 0.717) is 15.8 Å². The maximum Gasteiger partial charge on any atom is 0.419 e. The molecule has 0 fully saturated rings. The van der Waals surface area contributed by atoms with Crippen molar-refractivity contribution in [3.05, 3.63) is 58.1 Å². The number of hydrogen-bond donors (Lipinski definition) is 1. The number of halogens is 4. The smallest absolute Gasteiger partial charge is 0.419 e. The molecule has 0 aromatic heterocycles. The molecule has 0 aliphatic heterocycles. The fourth-order valence-corrected chi connectivity index (χ4v) is 2.04. The lowest BCUT2D eigenvalue weighted by Crippen LogP contribution is -2.07. The zero-order valence-electron chi connectivity index (χ0n) is 10.2. The number of benzene rings is 2. The Morgan fingerprint density at radius 3 is 2.40 bits per heavy atom. The van der Waals surface area contributed by atoms with Crippen molar-refractivity contribution in [3.63, 3.8) is 0 Å². The Morgan fingerprint density at radius 1 is 1.05 bits per heavy atom. The van der Waals surface area contributed by atoms with E-state index in [9.17, 15) is 13.2 Å². The lowest BCUT2D eigenvalue weighted by Gasteiger charge is -2.15. The van der Waals surface area contributed by atoms with Crippen LogP contribution in [0.25, 0.3) is 0 Å². The molecule has 20 heavy (non-hydrogen) atoms. The minimum atomic E-state index is -4.47. The molecule has 0 aliphatic rings. The van der Waals surface area contributed by atoms with Crippen LogP contribution >= 0.6 is 15.9 Å². The molecule has 0 unspecified atom stereocenters. The van der Waals surface area contributed by atoms with E-state index in [1.54, 1.807) is 18.2 Å². The highest BCUT2D eigenvalue weighted by molar-refractivity contribution is 9.10. The molecule has 0 amide bonds. The Morgan fingerprint density at radius 2 is 1.75 bits per heavy atom. The summed E-state index contributed by atoms with van der Waals surface area (Å²) >= 11 is 3.25. The van der Waals surface area contributed by atoms with E-state index >= 15 is 0 Å². The van der Waals surface area contributed by atoms with Gasteiger partial charge in [0.25, 0.3) is 0 Å². The summed E-state index contributed by atoms with van der Waals surface area (Å²) in [6, 6.07) is 10.1. The first-order chi connectivity index (χ1) is 9.41. The Bertz CT molecular complexity index is 614. The summed E-state index contributed by atoms with van der Waals surface area (Å²) in [6.45, 7) is 0.177. The van der Waals surface area contributed by atoms with Gasteiger partial charge in [-0.2, -0.15) is 13.2 Å². The molecular formula is C14H11BrF3NO. The van der Waals surface area contributed by atoms with Gasteiger partial charge in [-0.15, -0.1) is 0 Å². The Kier molecular flexibility index (Phi) is 4.35. The number of alkyl halides is 3. The van der Waals surface area contributed by atoms with Crippen molar-refractivity contribution >= 4 is 15.9 Å². The van der Waals surface area contributed by atoms with Crippen molar-refractivity contribution in [3.8, 4) is 11.5 Å². The Hall–Kier alpha value is -1.53. The van der Waals surface area contributed by atoms with E-state index in [1.165, 1.54) is 18.2 Å². The van der Waals surface area contributed by atoms with Crippen LogP contribution < -0.4 is 10.5 Å². The summed E-state index contributed by atoms with van der Waals surface area (Å²) in [5.74, 6) is 0.0615. The molecule has 0 heterocycles. The molecular weight excluding hydrogens is 335 g/mol. The zero-order chi connectivity index (χ0) is 14.8. The minimum absolute atomic E-state index is 0.177. The average Bonchev–Trinajstić information content (AvgIpc) is 2.38. The van der Waals surface area contributed by atoms with Gasteiger partial charge in [-0.1, -0.05) is 34.1 Å². The molecule has 0 aliphatic carbocycles. The predicted octanol–water partition coefficient (Wildman–Crippen LogP) is 4.72. The first-order valence-corrected chi connectivity index (χ1v) is 6.53. The summed E-state index contributed by atoms with van der Waals surface area (Å²) < 4.78 is 44.8. The fourth-order valence-electron chi connectivity index (χ4n) is 1.70. The molecule has 0 spiro atoms. The molecule has 2 aromatic rings. The van der Waals surface area contributed by atoms with Crippen molar-refractivity contribution in [2.24, 2.45) is 5.73 Å². The molecule has 106 valence electrons. The number of nitrogens with two attached hydrogens (primary N) is 1. The van der Waals surface area contributed by atoms with Crippen LogP contribution in [0.2, 0.25) is 0 Å². The highest BCUT2D eigenvalue weighted by Crippen LogP contribution is 2.38. The van der Waals surface area contributed by atoms with Crippen LogP contribution in [-0.2, 0) is 12.7 Å². The molecule has 0 saturated heterocycles. The second-order valence-electron chi connectivity index (χ2n) is 4.05. The van der Waals surface area contributed by atoms with Gasteiger partial charge in [-0.3, -0.25) is 0 Å². The highest BCUT2D eigenvalue weighted by atomic mass is 79.9. The highest BCUT2D eigenvalue weighted by Gasteiger charge is 2.34. The van der Waals surface area contributed by atoms with E-state index in [4.69, 9.17) is 10.5 Å². The molecule has 0 atom stereocenters. The summed E-state index contributed by atoms with van der Waals surface area (Å²) in [6.07, 6.45) is -4.47. The summed E-state index contributed by atoms with van der Waals surface area (Å²) in [4.78, 5) is 0. The predicted molar refractivity (Wildman–Crippen MR) is 73.6 cm³/mol. The second kappa shape index (κ2) is 5.85. The lowest BCUT2D eigenvalue weighted by molar-refractivity contribution is -0.138. The third kappa shape index (κ3) is 3.32. The van der Waals surface area contributed by atoms with Crippen molar-refractivity contribution in [1.29, 1.82) is 0 Å². The zero-order valence-corrected chi connectivity index (χ0v) is 11.8. The van der Waals surface area contributed by atoms with Gasteiger partial charge in [0.15, 0.2) is 0 Å². The molecule has 2 N–H and O–H groups in total. The van der Waals surface area contributed by atoms with E-state index in [-0.39, 0.29) is 12.3 Å². The lowest BCUT2D eigenvalue weighted by atomic mass is 10.1. The third-order valence-electron chi connectivity index (χ3n) is 2.66. The quantitative estimate of drug-likeness (QED) is 0.873. The normalized spacial score (nSPS) is 11.4. The first kappa shape index (κ1) is 14.9. The summed E-state index contributed by atoms with van der Waals surface area (Å²) in [7, 11) is 0. The van der Waals surface area contributed by atoms with Gasteiger partial charge in [-0.05, 0) is 24.3 Å². The first-order valence-electron chi connectivity index (χ1n) is 5.74. The molecule has 0 bridgehead atoms. The van der Waals surface area contributed by atoms with Gasteiger partial charge >= 0.3 is 6.18 Å². The minimum Gasteiger partial charge on any atom is -0.456 e. The van der Waals surface area contributed by atoms with Gasteiger partial charge in [0, 0.05) is 16.6 Å². The summed E-state index contributed by atoms with van der Waals surface area (Å²) in [5.41, 5.74) is 5.37. The number of rotatable bonds is 3. The Balaban J connectivity index is 2.43. The van der Waals surface area contributed by atoms with Crippen molar-refractivity contribution in [1.82, 2.24) is 0 Å². The van der Waals surface area contributed by atoms with E-state index < -0.39 is 11.7 Å².